The van der Waals surface area contributed by atoms with E-state index in [-0.39, 0.29) is 5.91 Å². The van der Waals surface area contributed by atoms with Crippen molar-refractivity contribution in [2.24, 2.45) is 5.73 Å². The van der Waals surface area contributed by atoms with Gasteiger partial charge in [0.05, 0.1) is 6.54 Å². The highest BCUT2D eigenvalue weighted by Crippen LogP contribution is 2.22. The summed E-state index contributed by atoms with van der Waals surface area (Å²) in [6.45, 7) is 4.93. The zero-order valence-electron chi connectivity index (χ0n) is 11.8. The van der Waals surface area contributed by atoms with E-state index in [9.17, 15) is 4.79 Å². The Morgan fingerprint density at radius 3 is 2.67 bits per heavy atom. The first-order valence-electron chi connectivity index (χ1n) is 7.48. The third-order valence-electron chi connectivity index (χ3n) is 3.71. The van der Waals surface area contributed by atoms with Gasteiger partial charge in [0.25, 0.3) is 0 Å². The molecule has 1 amide bonds. The predicted molar refractivity (Wildman–Crippen MR) is 75.4 cm³/mol. The Kier molecular flexibility index (Phi) is 8.01. The fraction of sp³-hybridized carbons (Fsp3) is 0.929. The van der Waals surface area contributed by atoms with Crippen LogP contribution in [0.25, 0.3) is 0 Å². The minimum atomic E-state index is 0.155. The van der Waals surface area contributed by atoms with Gasteiger partial charge in [-0.1, -0.05) is 32.6 Å². The predicted octanol–water partition coefficient (Wildman–Crippen LogP) is 1.50. The van der Waals surface area contributed by atoms with Crippen LogP contribution >= 0.6 is 0 Å². The van der Waals surface area contributed by atoms with E-state index in [2.05, 4.69) is 17.1 Å². The lowest BCUT2D eigenvalue weighted by molar-refractivity contribution is -0.122. The maximum atomic E-state index is 11.9. The van der Waals surface area contributed by atoms with Crippen molar-refractivity contribution in [3.8, 4) is 0 Å². The van der Waals surface area contributed by atoms with Crippen molar-refractivity contribution in [2.75, 3.05) is 26.2 Å². The van der Waals surface area contributed by atoms with E-state index in [1.807, 2.05) is 0 Å². The second-order valence-electron chi connectivity index (χ2n) is 5.25. The third kappa shape index (κ3) is 5.83. The van der Waals surface area contributed by atoms with Crippen molar-refractivity contribution < 1.29 is 4.79 Å². The highest BCUT2D eigenvalue weighted by atomic mass is 16.2. The Hall–Kier alpha value is -0.610. The Labute approximate surface area is 111 Å². The van der Waals surface area contributed by atoms with Gasteiger partial charge in [0.1, 0.15) is 0 Å². The van der Waals surface area contributed by atoms with Crippen molar-refractivity contribution >= 4 is 5.91 Å². The molecule has 4 heteroatoms. The molecular weight excluding hydrogens is 226 g/mol. The van der Waals surface area contributed by atoms with Crippen molar-refractivity contribution in [3.63, 3.8) is 0 Å². The first-order chi connectivity index (χ1) is 8.77. The van der Waals surface area contributed by atoms with Crippen molar-refractivity contribution in [3.05, 3.63) is 0 Å². The summed E-state index contributed by atoms with van der Waals surface area (Å²) in [5.41, 5.74) is 5.66. The second-order valence-corrected chi connectivity index (χ2v) is 5.25. The number of carbonyl (C=O) groups is 1. The molecular formula is C14H29N3O. The molecule has 1 aliphatic rings. The van der Waals surface area contributed by atoms with E-state index in [1.165, 1.54) is 32.1 Å². The van der Waals surface area contributed by atoms with Gasteiger partial charge in [-0.2, -0.15) is 0 Å². The van der Waals surface area contributed by atoms with Crippen LogP contribution in [0.2, 0.25) is 0 Å². The Balaban J connectivity index is 2.33. The summed E-state index contributed by atoms with van der Waals surface area (Å²) >= 11 is 0. The monoisotopic (exact) mass is 255 g/mol. The lowest BCUT2D eigenvalue weighted by atomic mass is 9.94. The van der Waals surface area contributed by atoms with Crippen LogP contribution in [0.3, 0.4) is 0 Å². The molecule has 0 spiro atoms. The Morgan fingerprint density at radius 1 is 1.33 bits per heavy atom. The van der Waals surface area contributed by atoms with Crippen molar-refractivity contribution in [1.29, 1.82) is 0 Å². The zero-order chi connectivity index (χ0) is 13.2. The van der Waals surface area contributed by atoms with Crippen LogP contribution in [-0.2, 0) is 4.79 Å². The van der Waals surface area contributed by atoms with E-state index in [0.717, 1.165) is 25.9 Å². The molecule has 0 heterocycles. The average molecular weight is 255 g/mol. The lowest BCUT2D eigenvalue weighted by Crippen LogP contribution is -2.46. The Bertz CT molecular complexity index is 227. The minimum absolute atomic E-state index is 0.155. The van der Waals surface area contributed by atoms with Crippen LogP contribution in [0.4, 0.5) is 0 Å². The van der Waals surface area contributed by atoms with Gasteiger partial charge in [-0.3, -0.25) is 9.69 Å². The molecule has 1 rings (SSSR count). The van der Waals surface area contributed by atoms with Gasteiger partial charge < -0.3 is 11.1 Å². The first kappa shape index (κ1) is 15.4. The largest absolute Gasteiger partial charge is 0.355 e. The van der Waals surface area contributed by atoms with Gasteiger partial charge in [0, 0.05) is 25.7 Å². The summed E-state index contributed by atoms with van der Waals surface area (Å²) in [5.74, 6) is 0.155. The van der Waals surface area contributed by atoms with Crippen LogP contribution in [0.1, 0.15) is 51.9 Å². The van der Waals surface area contributed by atoms with Gasteiger partial charge in [-0.05, 0) is 19.3 Å². The summed E-state index contributed by atoms with van der Waals surface area (Å²) in [6.07, 6.45) is 8.56. The normalized spacial score (nSPS) is 17.1. The molecule has 4 nitrogen and oxygen atoms in total. The molecule has 0 aromatic carbocycles. The smallest absolute Gasteiger partial charge is 0.234 e. The molecule has 1 aliphatic carbocycles. The summed E-state index contributed by atoms with van der Waals surface area (Å²) in [6, 6.07) is 0.569. The second kappa shape index (κ2) is 9.34. The molecule has 0 radical (unpaired) electrons. The van der Waals surface area contributed by atoms with E-state index >= 15 is 0 Å². The lowest BCUT2D eigenvalue weighted by Gasteiger charge is -2.33. The molecule has 18 heavy (non-hydrogen) atoms. The number of nitrogens with two attached hydrogens (primary N) is 1. The number of amides is 1. The average Bonchev–Trinajstić information content (AvgIpc) is 2.39. The standard InChI is InChI=1S/C14H29N3O/c1-2-3-10-16-14(18)12-17(11-9-15)13-7-5-4-6-8-13/h13H,2-12,15H2,1H3,(H,16,18). The van der Waals surface area contributed by atoms with Gasteiger partial charge in [-0.15, -0.1) is 0 Å². The maximum Gasteiger partial charge on any atom is 0.234 e. The molecule has 3 N–H and O–H groups in total. The number of hydrogen-bond acceptors (Lipinski definition) is 3. The Morgan fingerprint density at radius 2 is 2.06 bits per heavy atom. The minimum Gasteiger partial charge on any atom is -0.355 e. The molecule has 1 saturated carbocycles. The van der Waals surface area contributed by atoms with E-state index < -0.39 is 0 Å². The molecule has 0 bridgehead atoms. The molecule has 0 aliphatic heterocycles. The third-order valence-corrected chi connectivity index (χ3v) is 3.71. The molecule has 0 aromatic heterocycles. The molecule has 106 valence electrons. The summed E-state index contributed by atoms with van der Waals surface area (Å²) in [5, 5.41) is 2.99. The highest BCUT2D eigenvalue weighted by Gasteiger charge is 2.22. The summed E-state index contributed by atoms with van der Waals surface area (Å²) < 4.78 is 0. The number of carbonyl (C=O) groups excluding carboxylic acids is 1. The molecule has 1 fully saturated rings. The fourth-order valence-electron chi connectivity index (χ4n) is 2.65. The number of nitrogens with one attached hydrogen (secondary N) is 1. The number of unbranched alkanes of at least 4 members (excludes halogenated alkanes) is 1. The van der Waals surface area contributed by atoms with Gasteiger partial charge in [-0.25, -0.2) is 0 Å². The van der Waals surface area contributed by atoms with Crippen LogP contribution in [0.5, 0.6) is 0 Å². The van der Waals surface area contributed by atoms with Crippen LogP contribution < -0.4 is 11.1 Å². The van der Waals surface area contributed by atoms with E-state index in [4.69, 9.17) is 5.73 Å². The first-order valence-corrected chi connectivity index (χ1v) is 7.48. The van der Waals surface area contributed by atoms with Crippen LogP contribution in [0, 0.1) is 0 Å². The fourth-order valence-corrected chi connectivity index (χ4v) is 2.65. The highest BCUT2D eigenvalue weighted by molar-refractivity contribution is 5.78. The molecule has 0 saturated heterocycles. The molecule has 0 atom stereocenters. The van der Waals surface area contributed by atoms with Crippen molar-refractivity contribution in [2.45, 2.75) is 57.9 Å². The van der Waals surface area contributed by atoms with E-state index in [0.29, 0.717) is 19.1 Å². The number of hydrogen-bond donors (Lipinski definition) is 2. The summed E-state index contributed by atoms with van der Waals surface area (Å²) in [4.78, 5) is 14.1. The van der Waals surface area contributed by atoms with E-state index in [1.54, 1.807) is 0 Å². The maximum absolute atomic E-state index is 11.9. The van der Waals surface area contributed by atoms with Crippen molar-refractivity contribution in [1.82, 2.24) is 10.2 Å². The molecule has 0 aromatic rings. The topological polar surface area (TPSA) is 58.4 Å². The van der Waals surface area contributed by atoms with Crippen LogP contribution in [-0.4, -0.2) is 43.0 Å². The molecule has 0 unspecified atom stereocenters. The SMILES string of the molecule is CCCCNC(=O)CN(CCN)C1CCCCC1. The summed E-state index contributed by atoms with van der Waals surface area (Å²) in [7, 11) is 0. The van der Waals surface area contributed by atoms with Gasteiger partial charge in [0.15, 0.2) is 0 Å². The number of rotatable bonds is 8. The quantitative estimate of drug-likeness (QED) is 0.646. The van der Waals surface area contributed by atoms with Gasteiger partial charge >= 0.3 is 0 Å². The zero-order valence-corrected chi connectivity index (χ0v) is 11.8. The van der Waals surface area contributed by atoms with Crippen LogP contribution in [0.15, 0.2) is 0 Å². The number of nitrogens with zero attached hydrogens (tertiary/aromatic N) is 1. The van der Waals surface area contributed by atoms with Gasteiger partial charge in [0.2, 0.25) is 5.91 Å².